The molecule has 2 heteroatoms. The van der Waals surface area contributed by atoms with Crippen molar-refractivity contribution in [3.8, 4) is 5.75 Å². The van der Waals surface area contributed by atoms with E-state index < -0.39 is 0 Å². The molecule has 0 radical (unpaired) electrons. The number of hydrogen-bond donors (Lipinski definition) is 1. The maximum atomic E-state index is 6.02. The molecule has 0 spiro atoms. The highest BCUT2D eigenvalue weighted by atomic mass is 16.5. The molecule has 118 valence electrons. The topological polar surface area (TPSA) is 21.3 Å². The van der Waals surface area contributed by atoms with Crippen LogP contribution in [-0.4, -0.2) is 19.2 Å². The highest BCUT2D eigenvalue weighted by Crippen LogP contribution is 2.35. The molecule has 4 atom stereocenters. The van der Waals surface area contributed by atoms with Crippen LogP contribution in [0.15, 0.2) is 30.3 Å². The summed E-state index contributed by atoms with van der Waals surface area (Å²) in [4.78, 5) is 0. The Hall–Kier alpha value is -1.02. The smallest absolute Gasteiger partial charge is 0.119 e. The van der Waals surface area contributed by atoms with Crippen LogP contribution in [0.3, 0.4) is 0 Å². The van der Waals surface area contributed by atoms with Crippen molar-refractivity contribution in [3.63, 3.8) is 0 Å². The van der Waals surface area contributed by atoms with Crippen LogP contribution in [0.2, 0.25) is 0 Å². The molecule has 1 saturated carbocycles. The molecule has 0 amide bonds. The molecule has 1 aromatic rings. The lowest BCUT2D eigenvalue weighted by atomic mass is 9.73. The molecule has 0 saturated heterocycles. The fraction of sp³-hybridized carbons (Fsp3) is 0.684. The standard InChI is InChI=1S/C19H31NO/c1-4-12-20-19(14-21-18-8-6-5-7-9-18)17-11-10-15(2)16(3)13-17/h5-9,15-17,19-20H,4,10-14H2,1-3H3. The second-order valence-corrected chi connectivity index (χ2v) is 6.71. The second kappa shape index (κ2) is 8.43. The molecule has 4 unspecified atom stereocenters. The van der Waals surface area contributed by atoms with E-state index in [2.05, 4.69) is 26.1 Å². The average Bonchev–Trinajstić information content (AvgIpc) is 2.51. The van der Waals surface area contributed by atoms with Gasteiger partial charge in [0.2, 0.25) is 0 Å². The average molecular weight is 289 g/mol. The molecule has 21 heavy (non-hydrogen) atoms. The van der Waals surface area contributed by atoms with Gasteiger partial charge in [0.15, 0.2) is 0 Å². The summed E-state index contributed by atoms with van der Waals surface area (Å²) in [7, 11) is 0. The minimum absolute atomic E-state index is 0.486. The van der Waals surface area contributed by atoms with Gasteiger partial charge in [-0.1, -0.05) is 45.4 Å². The van der Waals surface area contributed by atoms with E-state index in [0.717, 1.165) is 36.7 Å². The number of rotatable bonds is 7. The van der Waals surface area contributed by atoms with E-state index in [1.165, 1.54) is 25.7 Å². The molecule has 1 N–H and O–H groups in total. The molecule has 1 aliphatic carbocycles. The first-order valence-corrected chi connectivity index (χ1v) is 8.62. The largest absolute Gasteiger partial charge is 0.492 e. The van der Waals surface area contributed by atoms with Gasteiger partial charge in [-0.25, -0.2) is 0 Å². The molecule has 0 heterocycles. The van der Waals surface area contributed by atoms with Crippen LogP contribution in [0.1, 0.15) is 46.5 Å². The van der Waals surface area contributed by atoms with Gasteiger partial charge < -0.3 is 10.1 Å². The highest BCUT2D eigenvalue weighted by molar-refractivity contribution is 5.21. The van der Waals surface area contributed by atoms with Crippen molar-refractivity contribution in [2.75, 3.05) is 13.2 Å². The minimum atomic E-state index is 0.486. The van der Waals surface area contributed by atoms with Crippen molar-refractivity contribution in [3.05, 3.63) is 30.3 Å². The van der Waals surface area contributed by atoms with E-state index in [4.69, 9.17) is 4.74 Å². The SMILES string of the molecule is CCCNC(COc1ccccc1)C1CCC(C)C(C)C1. The molecule has 1 fully saturated rings. The van der Waals surface area contributed by atoms with E-state index >= 15 is 0 Å². The van der Waals surface area contributed by atoms with E-state index in [9.17, 15) is 0 Å². The molecular weight excluding hydrogens is 258 g/mol. The Morgan fingerprint density at radius 1 is 1.14 bits per heavy atom. The van der Waals surface area contributed by atoms with Crippen LogP contribution in [0.25, 0.3) is 0 Å². The van der Waals surface area contributed by atoms with Gasteiger partial charge in [-0.3, -0.25) is 0 Å². The third kappa shape index (κ3) is 5.03. The summed E-state index contributed by atoms with van der Waals surface area (Å²) in [5.41, 5.74) is 0. The molecular formula is C19H31NO. The van der Waals surface area contributed by atoms with E-state index in [1.807, 2.05) is 30.3 Å². The number of ether oxygens (including phenoxy) is 1. The summed E-state index contributed by atoms with van der Waals surface area (Å²) in [5, 5.41) is 3.72. The molecule has 0 aromatic heterocycles. The van der Waals surface area contributed by atoms with E-state index in [-0.39, 0.29) is 0 Å². The summed E-state index contributed by atoms with van der Waals surface area (Å²) in [6.07, 6.45) is 5.22. The molecule has 1 aliphatic rings. The van der Waals surface area contributed by atoms with Gasteiger partial charge in [0.05, 0.1) is 0 Å². The fourth-order valence-corrected chi connectivity index (χ4v) is 3.35. The van der Waals surface area contributed by atoms with Crippen molar-refractivity contribution in [2.45, 2.75) is 52.5 Å². The van der Waals surface area contributed by atoms with Gasteiger partial charge >= 0.3 is 0 Å². The molecule has 2 nitrogen and oxygen atoms in total. The highest BCUT2D eigenvalue weighted by Gasteiger charge is 2.30. The Balaban J connectivity index is 1.91. The van der Waals surface area contributed by atoms with Crippen molar-refractivity contribution in [1.82, 2.24) is 5.32 Å². The van der Waals surface area contributed by atoms with Crippen molar-refractivity contribution >= 4 is 0 Å². The van der Waals surface area contributed by atoms with Crippen LogP contribution in [0.4, 0.5) is 0 Å². The molecule has 0 aliphatic heterocycles. The van der Waals surface area contributed by atoms with Crippen LogP contribution < -0.4 is 10.1 Å². The summed E-state index contributed by atoms with van der Waals surface area (Å²) < 4.78 is 6.02. The van der Waals surface area contributed by atoms with E-state index in [1.54, 1.807) is 0 Å². The Bertz CT molecular complexity index is 392. The van der Waals surface area contributed by atoms with Gasteiger partial charge in [-0.2, -0.15) is 0 Å². The maximum absolute atomic E-state index is 6.02. The number of hydrogen-bond acceptors (Lipinski definition) is 2. The predicted molar refractivity (Wildman–Crippen MR) is 89.7 cm³/mol. The first kappa shape index (κ1) is 16.4. The van der Waals surface area contributed by atoms with Crippen LogP contribution in [0.5, 0.6) is 5.75 Å². The van der Waals surface area contributed by atoms with E-state index in [0.29, 0.717) is 6.04 Å². The fourth-order valence-electron chi connectivity index (χ4n) is 3.35. The summed E-state index contributed by atoms with van der Waals surface area (Å²) in [5.74, 6) is 3.46. The third-order valence-corrected chi connectivity index (χ3v) is 5.04. The Labute approximate surface area is 130 Å². The van der Waals surface area contributed by atoms with Crippen molar-refractivity contribution < 1.29 is 4.74 Å². The monoisotopic (exact) mass is 289 g/mol. The molecule has 0 bridgehead atoms. The van der Waals surface area contributed by atoms with Crippen molar-refractivity contribution in [2.24, 2.45) is 17.8 Å². The molecule has 2 rings (SSSR count). The predicted octanol–water partition coefficient (Wildman–Crippen LogP) is 4.51. The number of benzene rings is 1. The number of nitrogens with one attached hydrogen (secondary N) is 1. The minimum Gasteiger partial charge on any atom is -0.492 e. The first-order valence-electron chi connectivity index (χ1n) is 8.62. The summed E-state index contributed by atoms with van der Waals surface area (Å²) >= 11 is 0. The summed E-state index contributed by atoms with van der Waals surface area (Å²) in [6, 6.07) is 10.7. The van der Waals surface area contributed by atoms with Gasteiger partial charge in [0, 0.05) is 6.04 Å². The Kier molecular flexibility index (Phi) is 6.56. The Morgan fingerprint density at radius 2 is 1.90 bits per heavy atom. The van der Waals surface area contributed by atoms with Crippen LogP contribution >= 0.6 is 0 Å². The summed E-state index contributed by atoms with van der Waals surface area (Å²) in [6.45, 7) is 8.91. The normalized spacial score (nSPS) is 27.3. The Morgan fingerprint density at radius 3 is 2.57 bits per heavy atom. The quantitative estimate of drug-likeness (QED) is 0.797. The lowest BCUT2D eigenvalue weighted by molar-refractivity contribution is 0.136. The zero-order valence-corrected chi connectivity index (χ0v) is 13.8. The second-order valence-electron chi connectivity index (χ2n) is 6.71. The third-order valence-electron chi connectivity index (χ3n) is 5.04. The zero-order valence-electron chi connectivity index (χ0n) is 13.8. The zero-order chi connectivity index (χ0) is 15.1. The van der Waals surface area contributed by atoms with Gasteiger partial charge in [0.25, 0.3) is 0 Å². The van der Waals surface area contributed by atoms with Crippen LogP contribution in [0, 0.1) is 17.8 Å². The maximum Gasteiger partial charge on any atom is 0.119 e. The molecule has 1 aromatic carbocycles. The lowest BCUT2D eigenvalue weighted by Gasteiger charge is -2.37. The van der Waals surface area contributed by atoms with Gasteiger partial charge in [0.1, 0.15) is 12.4 Å². The van der Waals surface area contributed by atoms with Crippen molar-refractivity contribution in [1.29, 1.82) is 0 Å². The van der Waals surface area contributed by atoms with Crippen LogP contribution in [-0.2, 0) is 0 Å². The lowest BCUT2D eigenvalue weighted by Crippen LogP contribution is -2.44. The van der Waals surface area contributed by atoms with Gasteiger partial charge in [-0.05, 0) is 55.7 Å². The number of para-hydroxylation sites is 1. The first-order chi connectivity index (χ1) is 10.2. The van der Waals surface area contributed by atoms with Gasteiger partial charge in [-0.15, -0.1) is 0 Å².